The number of carbonyl (C=O) groups excluding carboxylic acids is 1. The molecular weight excluding hydrogens is 342 g/mol. The molecule has 0 saturated heterocycles. The molecule has 0 unspecified atom stereocenters. The van der Waals surface area contributed by atoms with E-state index in [2.05, 4.69) is 5.32 Å². The summed E-state index contributed by atoms with van der Waals surface area (Å²) in [5.41, 5.74) is 1.11. The molecule has 6 heteroatoms. The van der Waals surface area contributed by atoms with Gasteiger partial charge in [-0.2, -0.15) is 0 Å². The van der Waals surface area contributed by atoms with Gasteiger partial charge in [0.25, 0.3) is 5.91 Å². The predicted octanol–water partition coefficient (Wildman–Crippen LogP) is 4.77. The van der Waals surface area contributed by atoms with Gasteiger partial charge in [-0.05, 0) is 30.3 Å². The van der Waals surface area contributed by atoms with Crippen molar-refractivity contribution in [3.8, 4) is 11.5 Å². The first kappa shape index (κ1) is 16.9. The van der Waals surface area contributed by atoms with Crippen LogP contribution >= 0.6 is 11.6 Å². The number of ether oxygens (including phenoxy) is 2. The lowest BCUT2D eigenvalue weighted by Crippen LogP contribution is -2.14. The zero-order valence-electron chi connectivity index (χ0n) is 13.5. The van der Waals surface area contributed by atoms with Crippen LogP contribution in [0, 0.1) is 0 Å². The van der Waals surface area contributed by atoms with E-state index < -0.39 is 5.91 Å². The minimum absolute atomic E-state index is 0.179. The van der Waals surface area contributed by atoms with Gasteiger partial charge in [-0.3, -0.25) is 4.79 Å². The molecular formula is C19H16ClNO4. The van der Waals surface area contributed by atoms with Gasteiger partial charge in [-0.25, -0.2) is 0 Å². The second kappa shape index (κ2) is 7.77. The van der Waals surface area contributed by atoms with Crippen molar-refractivity contribution < 1.29 is 18.7 Å². The van der Waals surface area contributed by atoms with Crippen LogP contribution in [0.1, 0.15) is 16.1 Å². The maximum atomic E-state index is 12.5. The predicted molar refractivity (Wildman–Crippen MR) is 95.4 cm³/mol. The summed E-state index contributed by atoms with van der Waals surface area (Å²) in [7, 11) is 1.49. The van der Waals surface area contributed by atoms with Crippen molar-refractivity contribution in [1.29, 1.82) is 0 Å². The molecule has 1 N–H and O–H groups in total. The molecule has 0 saturated carbocycles. The number of rotatable bonds is 6. The number of hydrogen-bond donors (Lipinski definition) is 1. The fraction of sp³-hybridized carbons (Fsp3) is 0.105. The Morgan fingerprint density at radius 2 is 1.92 bits per heavy atom. The largest absolute Gasteiger partial charge is 0.493 e. The van der Waals surface area contributed by atoms with Gasteiger partial charge in [0.05, 0.1) is 24.1 Å². The highest BCUT2D eigenvalue weighted by Gasteiger charge is 2.18. The Bertz CT molecular complexity index is 861. The number of nitrogens with one attached hydrogen (secondary N) is 1. The number of carbonyl (C=O) groups is 1. The normalized spacial score (nSPS) is 10.3. The molecule has 3 aromatic rings. The van der Waals surface area contributed by atoms with Gasteiger partial charge in [0.1, 0.15) is 12.4 Å². The van der Waals surface area contributed by atoms with E-state index >= 15 is 0 Å². The first-order valence-electron chi connectivity index (χ1n) is 7.57. The number of amides is 1. The minimum atomic E-state index is -0.405. The SMILES string of the molecule is COc1c(Cl)cccc1NC(=O)c1occc1COc1ccccc1. The van der Waals surface area contributed by atoms with Gasteiger partial charge in [-0.15, -0.1) is 0 Å². The molecule has 25 heavy (non-hydrogen) atoms. The third-order valence-corrected chi connectivity index (χ3v) is 3.81. The lowest BCUT2D eigenvalue weighted by molar-refractivity contribution is 0.0993. The van der Waals surface area contributed by atoms with Crippen LogP contribution in [0.2, 0.25) is 5.02 Å². The number of para-hydroxylation sites is 2. The van der Waals surface area contributed by atoms with Crippen molar-refractivity contribution in [2.45, 2.75) is 6.61 Å². The maximum absolute atomic E-state index is 12.5. The van der Waals surface area contributed by atoms with E-state index in [0.29, 0.717) is 27.8 Å². The summed E-state index contributed by atoms with van der Waals surface area (Å²) in [5, 5.41) is 3.16. The zero-order valence-corrected chi connectivity index (χ0v) is 14.2. The molecule has 1 aromatic heterocycles. The van der Waals surface area contributed by atoms with Gasteiger partial charge in [0.2, 0.25) is 0 Å². The van der Waals surface area contributed by atoms with Crippen LogP contribution in [-0.4, -0.2) is 13.0 Å². The molecule has 0 spiro atoms. The van der Waals surface area contributed by atoms with Crippen molar-refractivity contribution in [1.82, 2.24) is 0 Å². The molecule has 3 rings (SSSR count). The zero-order chi connectivity index (χ0) is 17.6. The molecule has 0 fully saturated rings. The van der Waals surface area contributed by atoms with Crippen molar-refractivity contribution >= 4 is 23.2 Å². The Labute approximate surface area is 150 Å². The van der Waals surface area contributed by atoms with E-state index in [4.69, 9.17) is 25.5 Å². The number of benzene rings is 2. The van der Waals surface area contributed by atoms with Gasteiger partial charge < -0.3 is 19.2 Å². The number of anilines is 1. The van der Waals surface area contributed by atoms with E-state index in [1.165, 1.54) is 13.4 Å². The highest BCUT2D eigenvalue weighted by atomic mass is 35.5. The van der Waals surface area contributed by atoms with Crippen LogP contribution in [-0.2, 0) is 6.61 Å². The van der Waals surface area contributed by atoms with Gasteiger partial charge in [-0.1, -0.05) is 35.9 Å². The van der Waals surface area contributed by atoms with Crippen molar-refractivity contribution in [3.63, 3.8) is 0 Å². The lowest BCUT2D eigenvalue weighted by Gasteiger charge is -2.11. The molecule has 0 aliphatic rings. The third kappa shape index (κ3) is 3.95. The molecule has 5 nitrogen and oxygen atoms in total. The number of furan rings is 1. The summed E-state index contributed by atoms with van der Waals surface area (Å²) >= 11 is 6.07. The number of methoxy groups -OCH3 is 1. The Morgan fingerprint density at radius 3 is 2.68 bits per heavy atom. The van der Waals surface area contributed by atoms with Crippen LogP contribution in [0.15, 0.2) is 65.3 Å². The van der Waals surface area contributed by atoms with E-state index in [9.17, 15) is 4.79 Å². The highest BCUT2D eigenvalue weighted by molar-refractivity contribution is 6.32. The molecule has 2 aromatic carbocycles. The first-order valence-corrected chi connectivity index (χ1v) is 7.95. The number of halogens is 1. The van der Waals surface area contributed by atoms with Gasteiger partial charge in [0, 0.05) is 5.56 Å². The quantitative estimate of drug-likeness (QED) is 0.690. The topological polar surface area (TPSA) is 60.7 Å². The van der Waals surface area contributed by atoms with Gasteiger partial charge >= 0.3 is 0 Å². The average Bonchev–Trinajstić information content (AvgIpc) is 3.10. The molecule has 1 heterocycles. The van der Waals surface area contributed by atoms with E-state index in [1.807, 2.05) is 30.3 Å². The monoisotopic (exact) mass is 357 g/mol. The van der Waals surface area contributed by atoms with Crippen molar-refractivity contribution in [2.75, 3.05) is 12.4 Å². The third-order valence-electron chi connectivity index (χ3n) is 3.51. The Kier molecular flexibility index (Phi) is 5.26. The van der Waals surface area contributed by atoms with Crippen LogP contribution in [0.25, 0.3) is 0 Å². The second-order valence-corrected chi connectivity index (χ2v) is 5.56. The summed E-state index contributed by atoms with van der Waals surface area (Å²) in [6.07, 6.45) is 1.45. The fourth-order valence-electron chi connectivity index (χ4n) is 2.32. The van der Waals surface area contributed by atoms with Crippen molar-refractivity contribution in [3.05, 3.63) is 77.2 Å². The van der Waals surface area contributed by atoms with E-state index in [0.717, 1.165) is 0 Å². The summed E-state index contributed by atoms with van der Waals surface area (Å²) in [5.74, 6) is 0.882. The number of hydrogen-bond acceptors (Lipinski definition) is 4. The average molecular weight is 358 g/mol. The van der Waals surface area contributed by atoms with Crippen LogP contribution in [0.4, 0.5) is 5.69 Å². The Morgan fingerprint density at radius 1 is 1.12 bits per heavy atom. The summed E-state index contributed by atoms with van der Waals surface area (Å²) in [6.45, 7) is 0.218. The van der Waals surface area contributed by atoms with E-state index in [1.54, 1.807) is 24.3 Å². The first-order chi connectivity index (χ1) is 12.2. The maximum Gasteiger partial charge on any atom is 0.291 e. The Hall–Kier alpha value is -2.92. The van der Waals surface area contributed by atoms with Gasteiger partial charge in [0.15, 0.2) is 11.5 Å². The molecule has 1 amide bonds. The standard InChI is InChI=1S/C19H16ClNO4/c1-23-18-15(20)8-5-9-16(18)21-19(22)17-13(10-11-24-17)12-25-14-6-3-2-4-7-14/h2-11H,12H2,1H3,(H,21,22). The molecule has 0 aliphatic heterocycles. The second-order valence-electron chi connectivity index (χ2n) is 5.15. The van der Waals surface area contributed by atoms with E-state index in [-0.39, 0.29) is 12.4 Å². The van der Waals surface area contributed by atoms with Crippen molar-refractivity contribution in [2.24, 2.45) is 0 Å². The Balaban J connectivity index is 1.74. The van der Waals surface area contributed by atoms with Crippen LogP contribution < -0.4 is 14.8 Å². The smallest absolute Gasteiger partial charge is 0.291 e. The summed E-state index contributed by atoms with van der Waals surface area (Å²) < 4.78 is 16.2. The van der Waals surface area contributed by atoms with Crippen LogP contribution in [0.5, 0.6) is 11.5 Å². The fourth-order valence-corrected chi connectivity index (χ4v) is 2.57. The molecule has 128 valence electrons. The molecule has 0 aliphatic carbocycles. The summed E-state index contributed by atoms with van der Waals surface area (Å²) in [4.78, 5) is 12.5. The molecule has 0 atom stereocenters. The lowest BCUT2D eigenvalue weighted by atomic mass is 10.2. The minimum Gasteiger partial charge on any atom is -0.493 e. The molecule has 0 radical (unpaired) electrons. The molecule has 0 bridgehead atoms. The summed E-state index contributed by atoms with van der Waals surface area (Å²) in [6, 6.07) is 16.2. The highest BCUT2D eigenvalue weighted by Crippen LogP contribution is 2.32. The van der Waals surface area contributed by atoms with Crippen LogP contribution in [0.3, 0.4) is 0 Å².